The van der Waals surface area contributed by atoms with Gasteiger partial charge in [0, 0.05) is 10.8 Å². The molecule has 0 bridgehead atoms. The van der Waals surface area contributed by atoms with E-state index in [1.165, 1.54) is 34.7 Å². The van der Waals surface area contributed by atoms with Gasteiger partial charge in [0.05, 0.1) is 0 Å². The van der Waals surface area contributed by atoms with Crippen LogP contribution in [0.15, 0.2) is 40.8 Å². The largest absolute Gasteiger partial charge is 0.456 e. The summed E-state index contributed by atoms with van der Waals surface area (Å²) in [4.78, 5) is 0. The van der Waals surface area contributed by atoms with Gasteiger partial charge in [-0.2, -0.15) is 0 Å². The van der Waals surface area contributed by atoms with Gasteiger partial charge in [-0.25, -0.2) is 0 Å². The van der Waals surface area contributed by atoms with E-state index in [0.29, 0.717) is 0 Å². The molecule has 0 saturated heterocycles. The fourth-order valence-corrected chi connectivity index (χ4v) is 3.79. The third-order valence-electron chi connectivity index (χ3n) is 5.35. The highest BCUT2D eigenvalue weighted by Crippen LogP contribution is 2.47. The van der Waals surface area contributed by atoms with E-state index in [0.717, 1.165) is 11.2 Å². The Morgan fingerprint density at radius 1 is 0.762 bits per heavy atom. The van der Waals surface area contributed by atoms with Crippen LogP contribution in [0.4, 0.5) is 0 Å². The van der Waals surface area contributed by atoms with E-state index >= 15 is 0 Å². The minimum atomic E-state index is 0.234. The number of hydrogen-bond acceptors (Lipinski definition) is 1. The molecule has 0 amide bonds. The van der Waals surface area contributed by atoms with Crippen molar-refractivity contribution in [1.82, 2.24) is 0 Å². The molecule has 0 atom stereocenters. The highest BCUT2D eigenvalue weighted by Gasteiger charge is 2.37. The molecule has 3 aromatic rings. The average Bonchev–Trinajstić information content (AvgIpc) is 2.81. The third kappa shape index (κ3) is 1.76. The lowest BCUT2D eigenvalue weighted by atomic mass is 9.63. The van der Waals surface area contributed by atoms with Crippen molar-refractivity contribution in [3.05, 3.63) is 47.5 Å². The highest BCUT2D eigenvalue weighted by molar-refractivity contribution is 6.05. The van der Waals surface area contributed by atoms with E-state index in [9.17, 15) is 0 Å². The van der Waals surface area contributed by atoms with E-state index in [2.05, 4.69) is 58.0 Å². The molecule has 1 aliphatic rings. The van der Waals surface area contributed by atoms with Crippen molar-refractivity contribution in [2.45, 2.75) is 51.4 Å². The van der Waals surface area contributed by atoms with Gasteiger partial charge in [0.15, 0.2) is 0 Å². The molecule has 0 aliphatic heterocycles. The number of para-hydroxylation sites is 1. The number of furan rings is 1. The van der Waals surface area contributed by atoms with E-state index in [4.69, 9.17) is 4.42 Å². The van der Waals surface area contributed by atoms with E-state index < -0.39 is 0 Å². The van der Waals surface area contributed by atoms with Crippen LogP contribution in [0.25, 0.3) is 21.9 Å². The second kappa shape index (κ2) is 3.91. The van der Waals surface area contributed by atoms with Crippen molar-refractivity contribution in [2.24, 2.45) is 0 Å². The van der Waals surface area contributed by atoms with Gasteiger partial charge in [-0.1, -0.05) is 45.9 Å². The maximum atomic E-state index is 6.08. The summed E-state index contributed by atoms with van der Waals surface area (Å²) in [6, 6.07) is 13.0. The number of rotatable bonds is 0. The molecular weight excluding hydrogens is 256 g/mol. The Labute approximate surface area is 126 Å². The van der Waals surface area contributed by atoms with Crippen LogP contribution in [0.3, 0.4) is 0 Å². The average molecular weight is 278 g/mol. The van der Waals surface area contributed by atoms with Crippen LogP contribution in [0.1, 0.15) is 51.7 Å². The van der Waals surface area contributed by atoms with E-state index in [1.807, 2.05) is 6.07 Å². The smallest absolute Gasteiger partial charge is 0.135 e. The predicted molar refractivity (Wildman–Crippen MR) is 89.0 cm³/mol. The SMILES string of the molecule is CC1(C)CCC(C)(C)c2cc3c(cc21)oc1ccccc13. The van der Waals surface area contributed by atoms with E-state index in [1.54, 1.807) is 0 Å². The Bertz CT molecular complexity index is 849. The standard InChI is InChI=1S/C20H22O/c1-19(2)9-10-20(3,4)16-12-18-14(11-15(16)19)13-7-5-6-8-17(13)21-18/h5-8,11-12H,9-10H2,1-4H3. The highest BCUT2D eigenvalue weighted by atomic mass is 16.3. The second-order valence-corrected chi connectivity index (χ2v) is 7.76. The van der Waals surface area contributed by atoms with Gasteiger partial charge in [-0.15, -0.1) is 0 Å². The van der Waals surface area contributed by atoms with Crippen molar-refractivity contribution in [3.8, 4) is 0 Å². The molecule has 21 heavy (non-hydrogen) atoms. The molecule has 0 N–H and O–H groups in total. The van der Waals surface area contributed by atoms with Gasteiger partial charge in [0.2, 0.25) is 0 Å². The summed E-state index contributed by atoms with van der Waals surface area (Å²) in [7, 11) is 0. The van der Waals surface area contributed by atoms with Crippen LogP contribution in [0, 0.1) is 0 Å². The van der Waals surface area contributed by atoms with Gasteiger partial charge in [0.25, 0.3) is 0 Å². The van der Waals surface area contributed by atoms with Gasteiger partial charge in [-0.05, 0) is 53.0 Å². The Morgan fingerprint density at radius 2 is 1.38 bits per heavy atom. The first-order valence-corrected chi connectivity index (χ1v) is 7.85. The summed E-state index contributed by atoms with van der Waals surface area (Å²) in [5.41, 5.74) is 5.46. The lowest BCUT2D eigenvalue weighted by molar-refractivity contribution is 0.332. The Balaban J connectivity index is 2.13. The maximum Gasteiger partial charge on any atom is 0.135 e. The van der Waals surface area contributed by atoms with Crippen LogP contribution in [-0.4, -0.2) is 0 Å². The second-order valence-electron chi connectivity index (χ2n) is 7.76. The topological polar surface area (TPSA) is 13.1 Å². The van der Waals surface area contributed by atoms with Crippen LogP contribution >= 0.6 is 0 Å². The van der Waals surface area contributed by atoms with Crippen molar-refractivity contribution in [2.75, 3.05) is 0 Å². The van der Waals surface area contributed by atoms with Gasteiger partial charge < -0.3 is 4.42 Å². The summed E-state index contributed by atoms with van der Waals surface area (Å²) in [5.74, 6) is 0. The minimum absolute atomic E-state index is 0.234. The lowest BCUT2D eigenvalue weighted by Crippen LogP contribution is -2.33. The van der Waals surface area contributed by atoms with Crippen molar-refractivity contribution in [3.63, 3.8) is 0 Å². The molecule has 108 valence electrons. The molecule has 1 nitrogen and oxygen atoms in total. The molecule has 0 unspecified atom stereocenters. The first-order chi connectivity index (χ1) is 9.88. The molecule has 1 heteroatoms. The third-order valence-corrected chi connectivity index (χ3v) is 5.35. The summed E-state index contributed by atoms with van der Waals surface area (Å²) >= 11 is 0. The Hall–Kier alpha value is -1.76. The lowest BCUT2D eigenvalue weighted by Gasteiger charge is -2.41. The predicted octanol–water partition coefficient (Wildman–Crippen LogP) is 5.94. The Morgan fingerprint density at radius 3 is 2.10 bits per heavy atom. The molecule has 0 fully saturated rings. The zero-order valence-electron chi connectivity index (χ0n) is 13.3. The number of benzene rings is 2. The zero-order chi connectivity index (χ0) is 14.8. The molecule has 2 aromatic carbocycles. The van der Waals surface area contributed by atoms with Crippen LogP contribution in [0.2, 0.25) is 0 Å². The first-order valence-electron chi connectivity index (χ1n) is 7.85. The van der Waals surface area contributed by atoms with Crippen LogP contribution < -0.4 is 0 Å². The van der Waals surface area contributed by atoms with Crippen molar-refractivity contribution in [1.29, 1.82) is 0 Å². The van der Waals surface area contributed by atoms with Gasteiger partial charge in [0.1, 0.15) is 11.2 Å². The summed E-state index contributed by atoms with van der Waals surface area (Å²) < 4.78 is 6.08. The molecule has 1 heterocycles. The quantitative estimate of drug-likeness (QED) is 0.496. The summed E-state index contributed by atoms with van der Waals surface area (Å²) in [6.07, 6.45) is 2.48. The van der Waals surface area contributed by atoms with Crippen molar-refractivity contribution < 1.29 is 4.42 Å². The summed E-state index contributed by atoms with van der Waals surface area (Å²) in [6.45, 7) is 9.45. The molecule has 0 saturated carbocycles. The van der Waals surface area contributed by atoms with Crippen LogP contribution in [-0.2, 0) is 10.8 Å². The molecule has 4 rings (SSSR count). The Kier molecular flexibility index (Phi) is 2.41. The van der Waals surface area contributed by atoms with E-state index in [-0.39, 0.29) is 10.8 Å². The minimum Gasteiger partial charge on any atom is -0.456 e. The first kappa shape index (κ1) is 12.9. The zero-order valence-corrected chi connectivity index (χ0v) is 13.3. The van der Waals surface area contributed by atoms with Crippen LogP contribution in [0.5, 0.6) is 0 Å². The fraction of sp³-hybridized carbons (Fsp3) is 0.400. The van der Waals surface area contributed by atoms with Crippen molar-refractivity contribution >= 4 is 21.9 Å². The molecule has 1 aliphatic carbocycles. The summed E-state index contributed by atoms with van der Waals surface area (Å²) in [5, 5.41) is 2.49. The normalized spacial score (nSPS) is 19.8. The molecule has 1 aromatic heterocycles. The molecule has 0 spiro atoms. The van der Waals surface area contributed by atoms with Gasteiger partial charge >= 0.3 is 0 Å². The molecule has 0 radical (unpaired) electrons. The van der Waals surface area contributed by atoms with Gasteiger partial charge in [-0.3, -0.25) is 0 Å². The maximum absolute atomic E-state index is 6.08. The number of fused-ring (bicyclic) bond motifs is 4. The molecular formula is C20H22O. The monoisotopic (exact) mass is 278 g/mol. The fourth-order valence-electron chi connectivity index (χ4n) is 3.79. The number of hydrogen-bond donors (Lipinski definition) is 0.